The van der Waals surface area contributed by atoms with Gasteiger partial charge in [0, 0.05) is 24.3 Å². The number of benzene rings is 1. The topological polar surface area (TPSA) is 87.7 Å². The maximum Gasteiger partial charge on any atom is 0.321 e. The first kappa shape index (κ1) is 19.8. The molecule has 1 aliphatic rings. The van der Waals surface area contributed by atoms with Crippen molar-refractivity contribution >= 4 is 23.6 Å². The van der Waals surface area contributed by atoms with Gasteiger partial charge >= 0.3 is 12.0 Å². The summed E-state index contributed by atoms with van der Waals surface area (Å²) in [6.45, 7) is 6.28. The summed E-state index contributed by atoms with van der Waals surface area (Å²) in [4.78, 5) is 37.7. The molecule has 0 bridgehead atoms. The highest BCUT2D eigenvalue weighted by Crippen LogP contribution is 2.19. The molecule has 1 saturated heterocycles. The van der Waals surface area contributed by atoms with E-state index in [4.69, 9.17) is 4.74 Å². The van der Waals surface area contributed by atoms with E-state index in [0.717, 1.165) is 5.69 Å². The Balaban J connectivity index is 1.72. The maximum absolute atomic E-state index is 12.2. The van der Waals surface area contributed by atoms with E-state index < -0.39 is 0 Å². The molecule has 1 fully saturated rings. The number of carbonyl (C=O) groups is 3. The normalized spacial score (nSPS) is 15.3. The predicted molar refractivity (Wildman–Crippen MR) is 98.6 cm³/mol. The third kappa shape index (κ3) is 6.38. The van der Waals surface area contributed by atoms with Crippen LogP contribution in [0, 0.1) is 5.92 Å². The molecule has 142 valence electrons. The molecule has 7 heteroatoms. The van der Waals surface area contributed by atoms with Crippen molar-refractivity contribution in [3.63, 3.8) is 0 Å². The Morgan fingerprint density at radius 2 is 1.73 bits per heavy atom. The van der Waals surface area contributed by atoms with Crippen LogP contribution in [-0.2, 0) is 14.3 Å². The fraction of sp³-hybridized carbons (Fsp3) is 0.526. The fourth-order valence-electron chi connectivity index (χ4n) is 2.75. The number of nitrogens with one attached hydrogen (secondary N) is 2. The van der Waals surface area contributed by atoms with E-state index in [1.54, 1.807) is 4.90 Å². The Kier molecular flexibility index (Phi) is 6.60. The lowest BCUT2D eigenvalue weighted by molar-refractivity contribution is -0.154. The fourth-order valence-corrected chi connectivity index (χ4v) is 2.75. The minimum Gasteiger partial charge on any atom is -0.455 e. The lowest BCUT2D eigenvalue weighted by Gasteiger charge is -2.31. The number of nitrogens with zero attached hydrogens (tertiary/aromatic N) is 1. The molecule has 0 radical (unpaired) electrons. The molecule has 2 rings (SSSR count). The van der Waals surface area contributed by atoms with Crippen molar-refractivity contribution in [3.8, 4) is 0 Å². The van der Waals surface area contributed by atoms with Crippen LogP contribution < -0.4 is 10.6 Å². The largest absolute Gasteiger partial charge is 0.455 e. The summed E-state index contributed by atoms with van der Waals surface area (Å²) < 4.78 is 5.11. The van der Waals surface area contributed by atoms with Crippen LogP contribution in [-0.4, -0.2) is 48.0 Å². The van der Waals surface area contributed by atoms with E-state index in [9.17, 15) is 14.4 Å². The SMILES string of the molecule is CC(C)(C)NC(=O)COC(=O)C1CCN(C(=O)Nc2ccccc2)CC1. The van der Waals surface area contributed by atoms with Crippen molar-refractivity contribution in [1.82, 2.24) is 10.2 Å². The number of esters is 1. The van der Waals surface area contributed by atoms with Gasteiger partial charge in [0.1, 0.15) is 0 Å². The van der Waals surface area contributed by atoms with E-state index in [1.165, 1.54) is 0 Å². The summed E-state index contributed by atoms with van der Waals surface area (Å²) in [6, 6.07) is 9.07. The highest BCUT2D eigenvalue weighted by molar-refractivity contribution is 5.89. The van der Waals surface area contributed by atoms with Gasteiger partial charge in [-0.25, -0.2) is 4.79 Å². The molecule has 0 atom stereocenters. The van der Waals surface area contributed by atoms with Gasteiger partial charge in [-0.1, -0.05) is 18.2 Å². The molecule has 0 aromatic heterocycles. The minimum atomic E-state index is -0.378. The number of anilines is 1. The zero-order valence-electron chi connectivity index (χ0n) is 15.6. The number of piperidine rings is 1. The van der Waals surface area contributed by atoms with E-state index >= 15 is 0 Å². The van der Waals surface area contributed by atoms with Gasteiger partial charge in [-0.3, -0.25) is 9.59 Å². The third-order valence-corrected chi connectivity index (χ3v) is 4.00. The van der Waals surface area contributed by atoms with Gasteiger partial charge in [0.25, 0.3) is 5.91 Å². The molecule has 0 saturated carbocycles. The average molecular weight is 361 g/mol. The molecule has 26 heavy (non-hydrogen) atoms. The molecule has 1 aromatic carbocycles. The molecule has 0 unspecified atom stereocenters. The Labute approximate surface area is 154 Å². The van der Waals surface area contributed by atoms with Gasteiger partial charge in [0.05, 0.1) is 5.92 Å². The standard InChI is InChI=1S/C19H27N3O4/c1-19(2,3)21-16(23)13-26-17(24)14-9-11-22(12-10-14)18(25)20-15-7-5-4-6-8-15/h4-8,14H,9-13H2,1-3H3,(H,20,25)(H,21,23). The minimum absolute atomic E-state index is 0.174. The zero-order valence-corrected chi connectivity index (χ0v) is 15.6. The first-order chi connectivity index (χ1) is 12.2. The number of para-hydroxylation sites is 1. The Morgan fingerprint density at radius 1 is 1.12 bits per heavy atom. The van der Waals surface area contributed by atoms with Crippen LogP contribution in [0.4, 0.5) is 10.5 Å². The van der Waals surface area contributed by atoms with Crippen LogP contribution in [0.1, 0.15) is 33.6 Å². The summed E-state index contributed by atoms with van der Waals surface area (Å²) in [6.07, 6.45) is 1.06. The Hall–Kier alpha value is -2.57. The maximum atomic E-state index is 12.2. The number of likely N-dealkylation sites (tertiary alicyclic amines) is 1. The van der Waals surface area contributed by atoms with E-state index in [2.05, 4.69) is 10.6 Å². The third-order valence-electron chi connectivity index (χ3n) is 4.00. The van der Waals surface area contributed by atoms with Crippen LogP contribution in [0.15, 0.2) is 30.3 Å². The van der Waals surface area contributed by atoms with E-state index in [-0.39, 0.29) is 36.0 Å². The molecule has 1 aromatic rings. The van der Waals surface area contributed by atoms with Gasteiger partial charge in [-0.15, -0.1) is 0 Å². The molecule has 1 aliphatic heterocycles. The predicted octanol–water partition coefficient (Wildman–Crippen LogP) is 2.39. The monoisotopic (exact) mass is 361 g/mol. The Bertz CT molecular complexity index is 632. The van der Waals surface area contributed by atoms with Crippen molar-refractivity contribution in [2.45, 2.75) is 39.2 Å². The van der Waals surface area contributed by atoms with Crippen molar-refractivity contribution in [2.75, 3.05) is 25.0 Å². The highest BCUT2D eigenvalue weighted by atomic mass is 16.5. The van der Waals surface area contributed by atoms with Crippen molar-refractivity contribution < 1.29 is 19.1 Å². The van der Waals surface area contributed by atoms with E-state index in [1.807, 2.05) is 51.1 Å². The van der Waals surface area contributed by atoms with Crippen LogP contribution in [0.5, 0.6) is 0 Å². The number of urea groups is 1. The number of carbonyl (C=O) groups excluding carboxylic acids is 3. The van der Waals surface area contributed by atoms with Crippen molar-refractivity contribution in [1.29, 1.82) is 0 Å². The van der Waals surface area contributed by atoms with Crippen molar-refractivity contribution in [3.05, 3.63) is 30.3 Å². The quantitative estimate of drug-likeness (QED) is 0.806. The molecule has 7 nitrogen and oxygen atoms in total. The summed E-state index contributed by atoms with van der Waals surface area (Å²) in [5.41, 5.74) is 0.380. The summed E-state index contributed by atoms with van der Waals surface area (Å²) in [7, 11) is 0. The highest BCUT2D eigenvalue weighted by Gasteiger charge is 2.29. The van der Waals surface area contributed by atoms with Gasteiger partial charge in [0.2, 0.25) is 0 Å². The van der Waals surface area contributed by atoms with Gasteiger partial charge < -0.3 is 20.3 Å². The molecule has 3 amide bonds. The second kappa shape index (κ2) is 8.69. The number of amides is 3. The lowest BCUT2D eigenvalue weighted by Crippen LogP contribution is -2.44. The van der Waals surface area contributed by atoms with Crippen LogP contribution in [0.2, 0.25) is 0 Å². The summed E-state index contributed by atoms with van der Waals surface area (Å²) in [5, 5.41) is 5.58. The number of ether oxygens (including phenoxy) is 1. The molecule has 0 aliphatic carbocycles. The number of hydrogen-bond acceptors (Lipinski definition) is 4. The Morgan fingerprint density at radius 3 is 2.31 bits per heavy atom. The first-order valence-corrected chi connectivity index (χ1v) is 8.83. The molecule has 2 N–H and O–H groups in total. The molecular formula is C19H27N3O4. The molecule has 0 spiro atoms. The zero-order chi connectivity index (χ0) is 19.2. The van der Waals surface area contributed by atoms with Crippen LogP contribution in [0.3, 0.4) is 0 Å². The van der Waals surface area contributed by atoms with Crippen LogP contribution >= 0.6 is 0 Å². The second-order valence-electron chi connectivity index (χ2n) is 7.46. The van der Waals surface area contributed by atoms with Gasteiger partial charge in [-0.2, -0.15) is 0 Å². The summed E-state index contributed by atoms with van der Waals surface area (Å²) in [5.74, 6) is -0.971. The average Bonchev–Trinajstić information content (AvgIpc) is 2.59. The second-order valence-corrected chi connectivity index (χ2v) is 7.46. The van der Waals surface area contributed by atoms with Crippen molar-refractivity contribution in [2.24, 2.45) is 5.92 Å². The lowest BCUT2D eigenvalue weighted by atomic mass is 9.97. The molecular weight excluding hydrogens is 334 g/mol. The smallest absolute Gasteiger partial charge is 0.321 e. The first-order valence-electron chi connectivity index (χ1n) is 8.83. The van der Waals surface area contributed by atoms with Crippen LogP contribution in [0.25, 0.3) is 0 Å². The molecule has 1 heterocycles. The van der Waals surface area contributed by atoms with Gasteiger partial charge in [-0.05, 0) is 45.7 Å². The number of rotatable bonds is 4. The van der Waals surface area contributed by atoms with Gasteiger partial charge in [0.15, 0.2) is 6.61 Å². The summed E-state index contributed by atoms with van der Waals surface area (Å²) >= 11 is 0. The number of hydrogen-bond donors (Lipinski definition) is 2. The van der Waals surface area contributed by atoms with E-state index in [0.29, 0.717) is 25.9 Å².